The van der Waals surface area contributed by atoms with Gasteiger partial charge in [-0.25, -0.2) is 4.79 Å². The van der Waals surface area contributed by atoms with Crippen molar-refractivity contribution in [3.8, 4) is 0 Å². The molecule has 0 spiro atoms. The van der Waals surface area contributed by atoms with Gasteiger partial charge in [-0.1, -0.05) is 24.3 Å². The van der Waals surface area contributed by atoms with Gasteiger partial charge < -0.3 is 0 Å². The van der Waals surface area contributed by atoms with E-state index in [-0.39, 0.29) is 17.3 Å². The average Bonchev–Trinajstić information content (AvgIpc) is 2.62. The van der Waals surface area contributed by atoms with Gasteiger partial charge in [0.05, 0.1) is 11.5 Å². The molecule has 1 fully saturated rings. The Bertz CT molecular complexity index is 278. The van der Waals surface area contributed by atoms with Crippen LogP contribution in [0.25, 0.3) is 0 Å². The molecule has 11 heavy (non-hydrogen) atoms. The Hall–Kier alpha value is -1.40. The fourth-order valence-electron chi connectivity index (χ4n) is 0.803. The van der Waals surface area contributed by atoms with Gasteiger partial charge in [-0.2, -0.15) is 0 Å². The fraction of sp³-hybridized carbons (Fsp3) is 0.222. The third-order valence-corrected chi connectivity index (χ3v) is 1.49. The molecule has 1 atom stereocenters. The first-order valence-electron chi connectivity index (χ1n) is 3.40. The van der Waals surface area contributed by atoms with Crippen molar-refractivity contribution in [2.45, 2.75) is 6.92 Å². The molecule has 0 aliphatic heterocycles. The van der Waals surface area contributed by atoms with E-state index in [0.717, 1.165) is 0 Å². The SMILES string of the molecule is C/C=C/C=C/C1C(=O)C1=C=O. The van der Waals surface area contributed by atoms with Crippen molar-refractivity contribution >= 4 is 11.7 Å². The van der Waals surface area contributed by atoms with Crippen LogP contribution >= 0.6 is 0 Å². The molecule has 1 aliphatic rings. The first kappa shape index (κ1) is 7.70. The zero-order valence-electron chi connectivity index (χ0n) is 6.20. The summed E-state index contributed by atoms with van der Waals surface area (Å²) in [7, 11) is 0. The molecular weight excluding hydrogens is 140 g/mol. The maximum absolute atomic E-state index is 10.7. The smallest absolute Gasteiger partial charge is 0.183 e. The Morgan fingerprint density at radius 3 is 2.64 bits per heavy atom. The van der Waals surface area contributed by atoms with Gasteiger partial charge in [0.2, 0.25) is 0 Å². The standard InChI is InChI=1S/C9H8O2/c1-2-3-4-5-7-8(6-10)9(7)11/h2-5,7H,1H3/b3-2+,5-4+. The minimum atomic E-state index is -0.274. The Labute approximate surface area is 64.9 Å². The van der Waals surface area contributed by atoms with Gasteiger partial charge in [-0.3, -0.25) is 4.79 Å². The van der Waals surface area contributed by atoms with Crippen molar-refractivity contribution in [1.29, 1.82) is 0 Å². The van der Waals surface area contributed by atoms with E-state index in [2.05, 4.69) is 0 Å². The van der Waals surface area contributed by atoms with Crippen molar-refractivity contribution in [1.82, 2.24) is 0 Å². The Morgan fingerprint density at radius 2 is 2.18 bits per heavy atom. The van der Waals surface area contributed by atoms with Crippen molar-refractivity contribution in [2.75, 3.05) is 0 Å². The molecule has 1 rings (SSSR count). The zero-order chi connectivity index (χ0) is 8.27. The number of carbonyl (C=O) groups excluding carboxylic acids is 2. The van der Waals surface area contributed by atoms with Crippen LogP contribution in [0.1, 0.15) is 6.92 Å². The van der Waals surface area contributed by atoms with Gasteiger partial charge >= 0.3 is 0 Å². The second kappa shape index (κ2) is 3.13. The molecule has 1 saturated carbocycles. The van der Waals surface area contributed by atoms with Crippen molar-refractivity contribution in [3.63, 3.8) is 0 Å². The summed E-state index contributed by atoms with van der Waals surface area (Å²) in [5.74, 6) is 1.24. The topological polar surface area (TPSA) is 34.1 Å². The average molecular weight is 148 g/mol. The van der Waals surface area contributed by atoms with E-state index in [9.17, 15) is 9.59 Å². The summed E-state index contributed by atoms with van der Waals surface area (Å²) in [4.78, 5) is 20.7. The molecule has 0 amide bonds. The molecule has 0 heterocycles. The van der Waals surface area contributed by atoms with Crippen LogP contribution in [0.4, 0.5) is 0 Å². The molecular formula is C9H8O2. The molecule has 0 aromatic heterocycles. The molecule has 0 aromatic rings. The van der Waals surface area contributed by atoms with Gasteiger partial charge in [-0.15, -0.1) is 0 Å². The normalized spacial score (nSPS) is 23.2. The van der Waals surface area contributed by atoms with E-state index in [0.29, 0.717) is 0 Å². The van der Waals surface area contributed by atoms with Crippen LogP contribution in [-0.4, -0.2) is 11.7 Å². The van der Waals surface area contributed by atoms with Crippen molar-refractivity contribution in [2.24, 2.45) is 5.92 Å². The molecule has 2 nitrogen and oxygen atoms in total. The summed E-state index contributed by atoms with van der Waals surface area (Å²) < 4.78 is 0. The number of rotatable bonds is 2. The van der Waals surface area contributed by atoms with E-state index in [1.807, 2.05) is 19.1 Å². The van der Waals surface area contributed by atoms with Crippen LogP contribution < -0.4 is 0 Å². The van der Waals surface area contributed by atoms with Crippen LogP contribution in [0.3, 0.4) is 0 Å². The summed E-state index contributed by atoms with van der Waals surface area (Å²) in [6, 6.07) is 0. The number of carbonyl (C=O) groups is 1. The largest absolute Gasteiger partial charge is 0.293 e. The van der Waals surface area contributed by atoms with Crippen molar-refractivity contribution < 1.29 is 9.59 Å². The summed E-state index contributed by atoms with van der Waals surface area (Å²) in [5, 5.41) is 0. The Balaban J connectivity index is 2.56. The van der Waals surface area contributed by atoms with Gasteiger partial charge in [-0.05, 0) is 6.92 Å². The Morgan fingerprint density at radius 1 is 1.45 bits per heavy atom. The van der Waals surface area contributed by atoms with Gasteiger partial charge in [0, 0.05) is 0 Å². The third-order valence-electron chi connectivity index (χ3n) is 1.49. The van der Waals surface area contributed by atoms with E-state index in [1.165, 1.54) is 0 Å². The highest BCUT2D eigenvalue weighted by atomic mass is 16.1. The minimum Gasteiger partial charge on any atom is -0.293 e. The molecule has 0 bridgehead atoms. The number of ketones is 1. The summed E-state index contributed by atoms with van der Waals surface area (Å²) in [5.41, 5.74) is 0.269. The maximum atomic E-state index is 10.7. The maximum Gasteiger partial charge on any atom is 0.183 e. The number of hydrogen-bond donors (Lipinski definition) is 0. The predicted octanol–water partition coefficient (Wildman–Crippen LogP) is 1.08. The molecule has 1 unspecified atom stereocenters. The lowest BCUT2D eigenvalue weighted by molar-refractivity contribution is -0.109. The Kier molecular flexibility index (Phi) is 2.19. The van der Waals surface area contributed by atoms with Gasteiger partial charge in [0.25, 0.3) is 0 Å². The van der Waals surface area contributed by atoms with Crippen molar-refractivity contribution in [3.05, 3.63) is 29.9 Å². The lowest BCUT2D eigenvalue weighted by Gasteiger charge is -1.71. The van der Waals surface area contributed by atoms with E-state index >= 15 is 0 Å². The van der Waals surface area contributed by atoms with Crippen LogP contribution in [0, 0.1) is 5.92 Å². The zero-order valence-corrected chi connectivity index (χ0v) is 6.20. The molecule has 0 aromatic carbocycles. The number of hydrogen-bond acceptors (Lipinski definition) is 2. The van der Waals surface area contributed by atoms with Crippen LogP contribution in [0.15, 0.2) is 29.9 Å². The van der Waals surface area contributed by atoms with Gasteiger partial charge in [0.1, 0.15) is 5.94 Å². The molecule has 0 N–H and O–H groups in total. The summed E-state index contributed by atoms with van der Waals surface area (Å²) in [6.45, 7) is 1.88. The molecule has 0 radical (unpaired) electrons. The van der Waals surface area contributed by atoms with Crippen LogP contribution in [0.5, 0.6) is 0 Å². The highest BCUT2D eigenvalue weighted by Crippen LogP contribution is 2.30. The third kappa shape index (κ3) is 1.54. The van der Waals surface area contributed by atoms with E-state index in [1.54, 1.807) is 18.1 Å². The second-order valence-corrected chi connectivity index (χ2v) is 2.27. The molecule has 2 heteroatoms. The number of allylic oxidation sites excluding steroid dienone is 5. The molecule has 0 saturated heterocycles. The van der Waals surface area contributed by atoms with Crippen LogP contribution in [0.2, 0.25) is 0 Å². The van der Waals surface area contributed by atoms with E-state index < -0.39 is 0 Å². The first-order chi connectivity index (χ1) is 5.31. The number of Topliss-reactive ketones (excluding diaryl/α,β-unsaturated/α-hetero) is 1. The van der Waals surface area contributed by atoms with Gasteiger partial charge in [0.15, 0.2) is 5.78 Å². The summed E-state index contributed by atoms with van der Waals surface area (Å²) >= 11 is 0. The molecule has 1 aliphatic carbocycles. The van der Waals surface area contributed by atoms with E-state index in [4.69, 9.17) is 0 Å². The van der Waals surface area contributed by atoms with Crippen LogP contribution in [-0.2, 0) is 9.59 Å². The second-order valence-electron chi connectivity index (χ2n) is 2.27. The fourth-order valence-corrected chi connectivity index (χ4v) is 0.803. The first-order valence-corrected chi connectivity index (χ1v) is 3.40. The monoisotopic (exact) mass is 148 g/mol. The highest BCUT2D eigenvalue weighted by molar-refractivity contribution is 6.23. The quantitative estimate of drug-likeness (QED) is 0.333. The lowest BCUT2D eigenvalue weighted by Crippen LogP contribution is -1.67. The minimum absolute atomic E-state index is 0.0965. The predicted molar refractivity (Wildman–Crippen MR) is 41.7 cm³/mol. The lowest BCUT2D eigenvalue weighted by atomic mass is 10.3. The highest BCUT2D eigenvalue weighted by Gasteiger charge is 2.41. The summed E-state index contributed by atoms with van der Waals surface area (Å²) in [6.07, 6.45) is 7.12. The molecule has 56 valence electrons.